The highest BCUT2D eigenvalue weighted by Gasteiger charge is 2.22. The fraction of sp³-hybridized carbons (Fsp3) is 0.286. The molecule has 7 heteroatoms. The Morgan fingerprint density at radius 3 is 3.00 bits per heavy atom. The average molecular weight is 300 g/mol. The highest BCUT2D eigenvalue weighted by Crippen LogP contribution is 2.29. The topological polar surface area (TPSA) is 85.5 Å². The minimum atomic E-state index is 0.213. The van der Waals surface area contributed by atoms with Gasteiger partial charge in [0.2, 0.25) is 0 Å². The number of nitrogen functional groups attached to an aromatic ring is 1. The van der Waals surface area contributed by atoms with Crippen LogP contribution >= 0.6 is 11.3 Å². The van der Waals surface area contributed by atoms with Crippen molar-refractivity contribution >= 4 is 28.6 Å². The van der Waals surface area contributed by atoms with Crippen molar-refractivity contribution in [3.63, 3.8) is 0 Å². The molecule has 0 radical (unpaired) electrons. The van der Waals surface area contributed by atoms with Crippen molar-refractivity contribution < 1.29 is 0 Å². The third-order valence-corrected chi connectivity index (χ3v) is 4.55. The second-order valence-electron chi connectivity index (χ2n) is 5.34. The van der Waals surface area contributed by atoms with E-state index in [1.54, 1.807) is 15.9 Å². The molecule has 0 saturated carbocycles. The standard InChI is InChI=1S/C14H16N6S/c15-10-1-3-19(7-10)13-5-12(16)20-14(18-13)11(6-17-20)9-2-4-21-8-9/h2,4-6,8,10H,1,3,7,15-16H2/t10-/m0/s1. The maximum atomic E-state index is 6.13. The number of fused-ring (bicyclic) bond motifs is 1. The van der Waals surface area contributed by atoms with E-state index in [9.17, 15) is 0 Å². The molecule has 3 aromatic heterocycles. The molecule has 4 N–H and O–H groups in total. The van der Waals surface area contributed by atoms with Gasteiger partial charge in [0, 0.05) is 30.8 Å². The van der Waals surface area contributed by atoms with Gasteiger partial charge in [0.25, 0.3) is 0 Å². The Balaban J connectivity index is 1.85. The van der Waals surface area contributed by atoms with Gasteiger partial charge in [-0.3, -0.25) is 0 Å². The lowest BCUT2D eigenvalue weighted by molar-refractivity contribution is 0.751. The number of aromatic nitrogens is 3. The zero-order chi connectivity index (χ0) is 14.4. The summed E-state index contributed by atoms with van der Waals surface area (Å²) < 4.78 is 1.69. The maximum absolute atomic E-state index is 6.13. The number of hydrogen-bond donors (Lipinski definition) is 2. The molecule has 1 atom stereocenters. The Hall–Kier alpha value is -2.12. The Kier molecular flexibility index (Phi) is 2.83. The summed E-state index contributed by atoms with van der Waals surface area (Å²) >= 11 is 1.66. The summed E-state index contributed by atoms with van der Waals surface area (Å²) in [6, 6.07) is 4.15. The van der Waals surface area contributed by atoms with Crippen LogP contribution in [-0.2, 0) is 0 Å². The first-order chi connectivity index (χ1) is 10.2. The van der Waals surface area contributed by atoms with E-state index in [0.29, 0.717) is 5.82 Å². The second-order valence-corrected chi connectivity index (χ2v) is 6.12. The lowest BCUT2D eigenvalue weighted by atomic mass is 10.2. The van der Waals surface area contributed by atoms with Gasteiger partial charge in [-0.2, -0.15) is 21.0 Å². The minimum absolute atomic E-state index is 0.213. The van der Waals surface area contributed by atoms with Gasteiger partial charge in [-0.15, -0.1) is 0 Å². The number of hydrogen-bond acceptors (Lipinski definition) is 6. The van der Waals surface area contributed by atoms with Crippen LogP contribution in [0.25, 0.3) is 16.8 Å². The Bertz CT molecular complexity index is 778. The lowest BCUT2D eigenvalue weighted by Gasteiger charge is -2.17. The molecule has 6 nitrogen and oxygen atoms in total. The molecule has 0 unspecified atom stereocenters. The smallest absolute Gasteiger partial charge is 0.167 e. The van der Waals surface area contributed by atoms with E-state index < -0.39 is 0 Å². The number of nitrogens with zero attached hydrogens (tertiary/aromatic N) is 4. The van der Waals surface area contributed by atoms with Crippen molar-refractivity contribution in [1.82, 2.24) is 14.6 Å². The van der Waals surface area contributed by atoms with Crippen molar-refractivity contribution in [3.8, 4) is 11.1 Å². The highest BCUT2D eigenvalue weighted by molar-refractivity contribution is 7.08. The quantitative estimate of drug-likeness (QED) is 0.750. The summed E-state index contributed by atoms with van der Waals surface area (Å²) in [6.07, 6.45) is 2.81. The first-order valence-corrected chi connectivity index (χ1v) is 7.84. The number of thiophene rings is 1. The molecule has 1 aliphatic heterocycles. The molecule has 1 saturated heterocycles. The van der Waals surface area contributed by atoms with Crippen LogP contribution in [0, 0.1) is 0 Å². The molecule has 21 heavy (non-hydrogen) atoms. The van der Waals surface area contributed by atoms with Crippen molar-refractivity contribution in [1.29, 1.82) is 0 Å². The van der Waals surface area contributed by atoms with Crippen LogP contribution in [0.4, 0.5) is 11.6 Å². The van der Waals surface area contributed by atoms with E-state index in [1.165, 1.54) is 0 Å². The maximum Gasteiger partial charge on any atom is 0.167 e. The Morgan fingerprint density at radius 2 is 2.29 bits per heavy atom. The van der Waals surface area contributed by atoms with Crippen LogP contribution < -0.4 is 16.4 Å². The van der Waals surface area contributed by atoms with E-state index in [2.05, 4.69) is 21.4 Å². The van der Waals surface area contributed by atoms with Gasteiger partial charge in [-0.25, -0.2) is 4.98 Å². The molecular weight excluding hydrogens is 284 g/mol. The predicted octanol–water partition coefficient (Wildman–Crippen LogP) is 1.58. The van der Waals surface area contributed by atoms with E-state index >= 15 is 0 Å². The van der Waals surface area contributed by atoms with E-state index in [0.717, 1.165) is 42.1 Å². The average Bonchev–Trinajstić information content (AvgIpc) is 3.16. The molecule has 0 aromatic carbocycles. The highest BCUT2D eigenvalue weighted by atomic mass is 32.1. The lowest BCUT2D eigenvalue weighted by Crippen LogP contribution is -2.27. The SMILES string of the molecule is Nc1cc(N2CC[C@H](N)C2)nc2c(-c3ccsc3)cnn12. The summed E-state index contributed by atoms with van der Waals surface area (Å²) in [6.45, 7) is 1.75. The normalized spacial score (nSPS) is 18.7. The summed E-state index contributed by atoms with van der Waals surface area (Å²) in [5.41, 5.74) is 15.0. The summed E-state index contributed by atoms with van der Waals surface area (Å²) in [7, 11) is 0. The number of anilines is 2. The summed E-state index contributed by atoms with van der Waals surface area (Å²) in [5.74, 6) is 1.47. The number of rotatable bonds is 2. The zero-order valence-electron chi connectivity index (χ0n) is 11.4. The fourth-order valence-electron chi connectivity index (χ4n) is 2.75. The van der Waals surface area contributed by atoms with Crippen LogP contribution in [0.1, 0.15) is 6.42 Å². The zero-order valence-corrected chi connectivity index (χ0v) is 12.3. The van der Waals surface area contributed by atoms with Gasteiger partial charge in [0.05, 0.1) is 6.20 Å². The molecule has 4 heterocycles. The summed E-state index contributed by atoms with van der Waals surface area (Å²) in [5, 5.41) is 8.49. The minimum Gasteiger partial charge on any atom is -0.383 e. The van der Waals surface area contributed by atoms with E-state index in [-0.39, 0.29) is 6.04 Å². The molecule has 1 aliphatic rings. The molecule has 0 spiro atoms. The van der Waals surface area contributed by atoms with Gasteiger partial charge >= 0.3 is 0 Å². The molecule has 4 rings (SSSR count). The molecule has 0 aliphatic carbocycles. The van der Waals surface area contributed by atoms with Crippen molar-refractivity contribution in [2.45, 2.75) is 12.5 Å². The Morgan fingerprint density at radius 1 is 1.38 bits per heavy atom. The van der Waals surface area contributed by atoms with Crippen molar-refractivity contribution in [3.05, 3.63) is 29.1 Å². The van der Waals surface area contributed by atoms with Gasteiger partial charge in [-0.1, -0.05) is 0 Å². The molecule has 3 aromatic rings. The van der Waals surface area contributed by atoms with Crippen molar-refractivity contribution in [2.24, 2.45) is 5.73 Å². The first-order valence-electron chi connectivity index (χ1n) is 6.90. The molecule has 1 fully saturated rings. The monoisotopic (exact) mass is 300 g/mol. The van der Waals surface area contributed by atoms with Crippen LogP contribution in [0.15, 0.2) is 29.1 Å². The van der Waals surface area contributed by atoms with Crippen LogP contribution in [-0.4, -0.2) is 33.7 Å². The van der Waals surface area contributed by atoms with Gasteiger partial charge in [-0.05, 0) is 28.8 Å². The van der Waals surface area contributed by atoms with Gasteiger partial charge in [0.1, 0.15) is 11.6 Å². The predicted molar refractivity (Wildman–Crippen MR) is 85.5 cm³/mol. The van der Waals surface area contributed by atoms with Gasteiger partial charge < -0.3 is 16.4 Å². The fourth-order valence-corrected chi connectivity index (χ4v) is 3.41. The third-order valence-electron chi connectivity index (χ3n) is 3.87. The van der Waals surface area contributed by atoms with Crippen LogP contribution in [0.2, 0.25) is 0 Å². The second kappa shape index (κ2) is 4.71. The first kappa shape index (κ1) is 12.6. The Labute approximate surface area is 126 Å². The van der Waals surface area contributed by atoms with Gasteiger partial charge in [0.15, 0.2) is 5.65 Å². The number of nitrogens with two attached hydrogens (primary N) is 2. The molecule has 0 bridgehead atoms. The molecule has 108 valence electrons. The summed E-state index contributed by atoms with van der Waals surface area (Å²) in [4.78, 5) is 6.95. The van der Waals surface area contributed by atoms with Crippen LogP contribution in [0.5, 0.6) is 0 Å². The molecule has 0 amide bonds. The largest absolute Gasteiger partial charge is 0.383 e. The van der Waals surface area contributed by atoms with E-state index in [4.69, 9.17) is 16.5 Å². The van der Waals surface area contributed by atoms with Crippen molar-refractivity contribution in [2.75, 3.05) is 23.7 Å². The molecular formula is C14H16N6S. The third kappa shape index (κ3) is 2.05. The van der Waals surface area contributed by atoms with E-state index in [1.807, 2.05) is 17.6 Å². The van der Waals surface area contributed by atoms with Crippen LogP contribution in [0.3, 0.4) is 0 Å².